The summed E-state index contributed by atoms with van der Waals surface area (Å²) in [6.45, 7) is 0. The highest BCUT2D eigenvalue weighted by atomic mass is 32.2. The Labute approximate surface area is 102 Å². The van der Waals surface area contributed by atoms with Gasteiger partial charge in [-0.05, 0) is 42.2 Å². The summed E-state index contributed by atoms with van der Waals surface area (Å²) in [5, 5.41) is 0. The Bertz CT molecular complexity index is 315. The van der Waals surface area contributed by atoms with Crippen molar-refractivity contribution in [3.63, 3.8) is 0 Å². The average Bonchev–Trinajstić information content (AvgIpc) is 3.12. The van der Waals surface area contributed by atoms with Crippen molar-refractivity contribution in [2.75, 3.05) is 12.0 Å². The topological polar surface area (TPSA) is 38.0 Å². The van der Waals surface area contributed by atoms with Gasteiger partial charge in [-0.3, -0.25) is 11.3 Å². The van der Waals surface area contributed by atoms with Crippen LogP contribution in [-0.2, 0) is 0 Å². The van der Waals surface area contributed by atoms with Gasteiger partial charge in [-0.1, -0.05) is 30.3 Å². The molecule has 0 aromatic heterocycles. The van der Waals surface area contributed by atoms with Gasteiger partial charge in [0.2, 0.25) is 0 Å². The lowest BCUT2D eigenvalue weighted by Gasteiger charge is -2.15. The van der Waals surface area contributed by atoms with Gasteiger partial charge in [-0.15, -0.1) is 0 Å². The van der Waals surface area contributed by atoms with Gasteiger partial charge in [0.1, 0.15) is 0 Å². The average molecular weight is 236 g/mol. The van der Waals surface area contributed by atoms with Crippen molar-refractivity contribution in [3.05, 3.63) is 35.9 Å². The minimum atomic E-state index is 0.484. The van der Waals surface area contributed by atoms with Gasteiger partial charge in [-0.2, -0.15) is 11.8 Å². The fraction of sp³-hybridized carbons (Fsp3) is 0.538. The second-order valence-electron chi connectivity index (χ2n) is 4.47. The van der Waals surface area contributed by atoms with E-state index in [0.717, 1.165) is 11.8 Å². The number of nitrogens with one attached hydrogen (secondary N) is 1. The van der Waals surface area contributed by atoms with Crippen LogP contribution in [0, 0.1) is 5.92 Å². The van der Waals surface area contributed by atoms with E-state index in [1.807, 2.05) is 11.8 Å². The van der Waals surface area contributed by atoms with E-state index in [9.17, 15) is 0 Å². The number of hydrogen-bond donors (Lipinski definition) is 2. The summed E-state index contributed by atoms with van der Waals surface area (Å²) >= 11 is 1.89. The number of hydrogen-bond acceptors (Lipinski definition) is 3. The molecule has 0 saturated heterocycles. The summed E-state index contributed by atoms with van der Waals surface area (Å²) in [5.74, 6) is 8.28. The van der Waals surface area contributed by atoms with Crippen LogP contribution < -0.4 is 11.3 Å². The molecule has 0 amide bonds. The first-order valence-electron chi connectivity index (χ1n) is 5.87. The van der Waals surface area contributed by atoms with Crippen LogP contribution in [0.1, 0.15) is 24.3 Å². The molecule has 3 atom stereocenters. The highest BCUT2D eigenvalue weighted by molar-refractivity contribution is 7.98. The Hall–Kier alpha value is -0.510. The van der Waals surface area contributed by atoms with Crippen molar-refractivity contribution in [2.45, 2.75) is 24.8 Å². The van der Waals surface area contributed by atoms with Gasteiger partial charge in [0.05, 0.1) is 0 Å². The largest absolute Gasteiger partial charge is 0.271 e. The Morgan fingerprint density at radius 3 is 2.81 bits per heavy atom. The maximum absolute atomic E-state index is 5.64. The summed E-state index contributed by atoms with van der Waals surface area (Å²) in [6.07, 6.45) is 4.61. The van der Waals surface area contributed by atoms with Crippen molar-refractivity contribution in [1.82, 2.24) is 5.43 Å². The Kier molecular flexibility index (Phi) is 4.27. The number of rotatable bonds is 6. The van der Waals surface area contributed by atoms with Crippen LogP contribution in [0.25, 0.3) is 0 Å². The lowest BCUT2D eigenvalue weighted by atomic mass is 10.0. The fourth-order valence-electron chi connectivity index (χ4n) is 2.41. The molecule has 0 aliphatic heterocycles. The van der Waals surface area contributed by atoms with Crippen LogP contribution >= 0.6 is 11.8 Å². The molecule has 2 nitrogen and oxygen atoms in total. The minimum absolute atomic E-state index is 0.484. The van der Waals surface area contributed by atoms with E-state index < -0.39 is 0 Å². The van der Waals surface area contributed by atoms with E-state index in [4.69, 9.17) is 5.84 Å². The highest BCUT2D eigenvalue weighted by Crippen LogP contribution is 2.50. The van der Waals surface area contributed by atoms with Crippen molar-refractivity contribution in [2.24, 2.45) is 11.8 Å². The zero-order chi connectivity index (χ0) is 11.4. The Morgan fingerprint density at radius 2 is 2.19 bits per heavy atom. The third-order valence-electron chi connectivity index (χ3n) is 3.43. The molecule has 0 bridgehead atoms. The molecule has 1 fully saturated rings. The van der Waals surface area contributed by atoms with E-state index in [1.54, 1.807) is 0 Å². The van der Waals surface area contributed by atoms with Crippen LogP contribution in [0.15, 0.2) is 30.3 Å². The van der Waals surface area contributed by atoms with Crippen LogP contribution in [-0.4, -0.2) is 18.1 Å². The molecule has 3 heteroatoms. The summed E-state index contributed by atoms with van der Waals surface area (Å²) in [7, 11) is 0. The molecular weight excluding hydrogens is 216 g/mol. The van der Waals surface area contributed by atoms with Gasteiger partial charge in [0, 0.05) is 6.04 Å². The number of benzene rings is 1. The molecule has 0 spiro atoms. The Morgan fingerprint density at radius 1 is 1.44 bits per heavy atom. The molecule has 0 heterocycles. The normalized spacial score (nSPS) is 25.4. The number of hydrazine groups is 1. The van der Waals surface area contributed by atoms with Gasteiger partial charge < -0.3 is 0 Å². The molecule has 88 valence electrons. The van der Waals surface area contributed by atoms with E-state index >= 15 is 0 Å². The molecular formula is C13H20N2S. The van der Waals surface area contributed by atoms with Gasteiger partial charge in [0.25, 0.3) is 0 Å². The Balaban J connectivity index is 1.89. The zero-order valence-electron chi connectivity index (χ0n) is 9.73. The summed E-state index contributed by atoms with van der Waals surface area (Å²) in [5.41, 5.74) is 4.45. The lowest BCUT2D eigenvalue weighted by molar-refractivity contribution is 0.457. The molecule has 2 rings (SSSR count). The van der Waals surface area contributed by atoms with Crippen LogP contribution in [0.5, 0.6) is 0 Å². The summed E-state index contributed by atoms with van der Waals surface area (Å²) in [6, 6.07) is 11.3. The van der Waals surface area contributed by atoms with Crippen LogP contribution in [0.4, 0.5) is 0 Å². The SMILES string of the molecule is CSCCC(NN)C1CC1c1ccccc1. The zero-order valence-corrected chi connectivity index (χ0v) is 10.5. The summed E-state index contributed by atoms with van der Waals surface area (Å²) in [4.78, 5) is 0. The van der Waals surface area contributed by atoms with Gasteiger partial charge in [0.15, 0.2) is 0 Å². The standard InChI is InChI=1S/C13H20N2S/c1-16-8-7-13(15-14)12-9-11(12)10-5-3-2-4-6-10/h2-6,11-13,15H,7-9,14H2,1H3. The molecule has 1 saturated carbocycles. The third-order valence-corrected chi connectivity index (χ3v) is 4.08. The quantitative estimate of drug-likeness (QED) is 0.588. The maximum atomic E-state index is 5.64. The first-order chi connectivity index (χ1) is 7.86. The van der Waals surface area contributed by atoms with Gasteiger partial charge in [-0.25, -0.2) is 0 Å². The first-order valence-corrected chi connectivity index (χ1v) is 7.26. The lowest BCUT2D eigenvalue weighted by Crippen LogP contribution is -2.37. The van der Waals surface area contributed by atoms with E-state index in [1.165, 1.54) is 24.2 Å². The summed E-state index contributed by atoms with van der Waals surface area (Å²) < 4.78 is 0. The maximum Gasteiger partial charge on any atom is 0.0252 e. The van der Waals surface area contributed by atoms with Crippen molar-refractivity contribution in [3.8, 4) is 0 Å². The third kappa shape index (κ3) is 2.78. The second kappa shape index (κ2) is 5.71. The molecule has 16 heavy (non-hydrogen) atoms. The van der Waals surface area contributed by atoms with Crippen molar-refractivity contribution in [1.29, 1.82) is 0 Å². The molecule has 1 aliphatic carbocycles. The molecule has 3 N–H and O–H groups in total. The van der Waals surface area contributed by atoms with Crippen molar-refractivity contribution < 1.29 is 0 Å². The van der Waals surface area contributed by atoms with E-state index in [0.29, 0.717) is 6.04 Å². The fourth-order valence-corrected chi connectivity index (χ4v) is 2.90. The van der Waals surface area contributed by atoms with Crippen molar-refractivity contribution >= 4 is 11.8 Å². The van der Waals surface area contributed by atoms with E-state index in [-0.39, 0.29) is 0 Å². The second-order valence-corrected chi connectivity index (χ2v) is 5.46. The number of thioether (sulfide) groups is 1. The molecule has 0 radical (unpaired) electrons. The van der Waals surface area contributed by atoms with Gasteiger partial charge >= 0.3 is 0 Å². The predicted molar refractivity (Wildman–Crippen MR) is 71.4 cm³/mol. The molecule has 1 aromatic carbocycles. The molecule has 1 aromatic rings. The van der Waals surface area contributed by atoms with Crippen LogP contribution in [0.2, 0.25) is 0 Å². The smallest absolute Gasteiger partial charge is 0.0252 e. The molecule has 3 unspecified atom stereocenters. The van der Waals surface area contributed by atoms with Crippen LogP contribution in [0.3, 0.4) is 0 Å². The first kappa shape index (κ1) is 12.0. The monoisotopic (exact) mass is 236 g/mol. The van der Waals surface area contributed by atoms with E-state index in [2.05, 4.69) is 42.0 Å². The highest BCUT2D eigenvalue weighted by Gasteiger charge is 2.42. The predicted octanol–water partition coefficient (Wildman–Crippen LogP) is 2.38. The molecule has 1 aliphatic rings. The minimum Gasteiger partial charge on any atom is -0.271 e. The number of nitrogens with two attached hydrogens (primary N) is 1.